The smallest absolute Gasteiger partial charge is 0.340 e. The van der Waals surface area contributed by atoms with Gasteiger partial charge in [-0.1, -0.05) is 12.1 Å². The van der Waals surface area contributed by atoms with Crippen molar-refractivity contribution in [2.75, 3.05) is 17.7 Å². The number of benzene rings is 2. The predicted octanol–water partition coefficient (Wildman–Crippen LogP) is 3.73. The van der Waals surface area contributed by atoms with Crippen LogP contribution in [0.3, 0.4) is 0 Å². The summed E-state index contributed by atoms with van der Waals surface area (Å²) in [5.41, 5.74) is 0.727. The summed E-state index contributed by atoms with van der Waals surface area (Å²) in [6, 6.07) is 12.6. The molecule has 1 amide bonds. The van der Waals surface area contributed by atoms with Crippen molar-refractivity contribution in [3.8, 4) is 0 Å². The minimum Gasteiger partial charge on any atom is -0.462 e. The molecule has 23 heavy (non-hydrogen) atoms. The van der Waals surface area contributed by atoms with Crippen molar-refractivity contribution >= 4 is 29.3 Å². The van der Waals surface area contributed by atoms with Crippen molar-refractivity contribution in [3.63, 3.8) is 0 Å². The minimum atomic E-state index is -0.477. The Morgan fingerprint density at radius 1 is 1.13 bits per heavy atom. The SMILES string of the molecule is CCOC(=O)c1ccccc1NC(=O)CSc1ccc(F)cc1. The van der Waals surface area contributed by atoms with Crippen molar-refractivity contribution in [2.45, 2.75) is 11.8 Å². The molecule has 0 fully saturated rings. The third-order valence-electron chi connectivity index (χ3n) is 2.88. The normalized spacial score (nSPS) is 10.2. The van der Waals surface area contributed by atoms with E-state index in [4.69, 9.17) is 4.74 Å². The van der Waals surface area contributed by atoms with E-state index in [-0.39, 0.29) is 24.1 Å². The van der Waals surface area contributed by atoms with E-state index in [0.717, 1.165) is 4.90 Å². The van der Waals surface area contributed by atoms with Crippen LogP contribution in [0.5, 0.6) is 0 Å². The number of esters is 1. The van der Waals surface area contributed by atoms with E-state index >= 15 is 0 Å². The maximum absolute atomic E-state index is 12.8. The molecule has 0 bridgehead atoms. The van der Waals surface area contributed by atoms with Crippen molar-refractivity contribution in [3.05, 3.63) is 59.9 Å². The molecule has 0 radical (unpaired) electrons. The lowest BCUT2D eigenvalue weighted by atomic mass is 10.2. The van der Waals surface area contributed by atoms with Crippen LogP contribution in [0.1, 0.15) is 17.3 Å². The van der Waals surface area contributed by atoms with E-state index < -0.39 is 5.97 Å². The lowest BCUT2D eigenvalue weighted by Crippen LogP contribution is -2.17. The molecule has 0 heterocycles. The van der Waals surface area contributed by atoms with Gasteiger partial charge < -0.3 is 10.1 Å². The number of anilines is 1. The molecule has 0 unspecified atom stereocenters. The molecule has 0 aliphatic heterocycles. The lowest BCUT2D eigenvalue weighted by molar-refractivity contribution is -0.113. The molecule has 0 aliphatic carbocycles. The number of para-hydroxylation sites is 1. The van der Waals surface area contributed by atoms with Gasteiger partial charge in [0.25, 0.3) is 0 Å². The predicted molar refractivity (Wildman–Crippen MR) is 88.2 cm³/mol. The fourth-order valence-electron chi connectivity index (χ4n) is 1.84. The van der Waals surface area contributed by atoms with Crippen LogP contribution in [-0.4, -0.2) is 24.2 Å². The second kappa shape index (κ2) is 8.33. The van der Waals surface area contributed by atoms with Gasteiger partial charge in [0.2, 0.25) is 5.91 Å². The van der Waals surface area contributed by atoms with Crippen LogP contribution in [-0.2, 0) is 9.53 Å². The molecule has 4 nitrogen and oxygen atoms in total. The van der Waals surface area contributed by atoms with Gasteiger partial charge >= 0.3 is 5.97 Å². The number of carbonyl (C=O) groups excluding carboxylic acids is 2. The summed E-state index contributed by atoms with van der Waals surface area (Å²) in [4.78, 5) is 24.7. The first-order valence-corrected chi connectivity index (χ1v) is 8.03. The molecule has 2 aromatic rings. The summed E-state index contributed by atoms with van der Waals surface area (Å²) in [6.07, 6.45) is 0. The molecule has 120 valence electrons. The molecule has 2 rings (SSSR count). The zero-order valence-corrected chi connectivity index (χ0v) is 13.4. The topological polar surface area (TPSA) is 55.4 Å². The molecule has 0 atom stereocenters. The van der Waals surface area contributed by atoms with Crippen LogP contribution in [0.15, 0.2) is 53.4 Å². The fourth-order valence-corrected chi connectivity index (χ4v) is 2.54. The van der Waals surface area contributed by atoms with Crippen LogP contribution >= 0.6 is 11.8 Å². The van der Waals surface area contributed by atoms with Crippen molar-refractivity contribution < 1.29 is 18.7 Å². The number of ether oxygens (including phenoxy) is 1. The molecule has 0 saturated heterocycles. The van der Waals surface area contributed by atoms with Gasteiger partial charge in [0.15, 0.2) is 0 Å². The summed E-state index contributed by atoms with van der Waals surface area (Å²) in [5.74, 6) is -0.893. The highest BCUT2D eigenvalue weighted by atomic mass is 32.2. The van der Waals surface area contributed by atoms with E-state index in [1.165, 1.54) is 23.9 Å². The van der Waals surface area contributed by atoms with Crippen molar-refractivity contribution in [1.82, 2.24) is 0 Å². The number of amides is 1. The Labute approximate surface area is 138 Å². The van der Waals surface area contributed by atoms with Gasteiger partial charge in [-0.15, -0.1) is 11.8 Å². The van der Waals surface area contributed by atoms with Gasteiger partial charge in [0.05, 0.1) is 23.6 Å². The van der Waals surface area contributed by atoms with Crippen LogP contribution in [0.2, 0.25) is 0 Å². The number of nitrogens with one attached hydrogen (secondary N) is 1. The highest BCUT2D eigenvalue weighted by Crippen LogP contribution is 2.20. The van der Waals surface area contributed by atoms with Gasteiger partial charge in [-0.3, -0.25) is 4.79 Å². The summed E-state index contributed by atoms with van der Waals surface area (Å²) >= 11 is 1.29. The Balaban J connectivity index is 1.97. The van der Waals surface area contributed by atoms with Gasteiger partial charge in [-0.2, -0.15) is 0 Å². The van der Waals surface area contributed by atoms with Crippen molar-refractivity contribution in [2.24, 2.45) is 0 Å². The summed E-state index contributed by atoms with van der Waals surface area (Å²) in [6.45, 7) is 1.99. The first-order chi connectivity index (χ1) is 11.1. The molecule has 0 aliphatic rings. The van der Waals surface area contributed by atoms with Gasteiger partial charge in [-0.05, 0) is 43.3 Å². The number of thioether (sulfide) groups is 1. The molecule has 0 spiro atoms. The van der Waals surface area contributed by atoms with Gasteiger partial charge in [0, 0.05) is 4.90 Å². The monoisotopic (exact) mass is 333 g/mol. The highest BCUT2D eigenvalue weighted by molar-refractivity contribution is 8.00. The fraction of sp³-hybridized carbons (Fsp3) is 0.176. The van der Waals surface area contributed by atoms with Crippen LogP contribution < -0.4 is 5.32 Å². The molecular weight excluding hydrogens is 317 g/mol. The summed E-state index contributed by atoms with van der Waals surface area (Å²) in [5, 5.41) is 2.70. The van der Waals surface area contributed by atoms with E-state index in [2.05, 4.69) is 5.32 Å². The van der Waals surface area contributed by atoms with E-state index in [1.54, 1.807) is 43.3 Å². The Kier molecular flexibility index (Phi) is 6.17. The second-order valence-corrected chi connectivity index (χ2v) is 5.61. The lowest BCUT2D eigenvalue weighted by Gasteiger charge is -2.10. The summed E-state index contributed by atoms with van der Waals surface area (Å²) in [7, 11) is 0. The number of hydrogen-bond donors (Lipinski definition) is 1. The van der Waals surface area contributed by atoms with Crippen LogP contribution in [0.4, 0.5) is 10.1 Å². The quantitative estimate of drug-likeness (QED) is 0.646. The molecule has 0 aromatic heterocycles. The largest absolute Gasteiger partial charge is 0.462 e. The Bertz CT molecular complexity index is 688. The van der Waals surface area contributed by atoms with Gasteiger partial charge in [-0.25, -0.2) is 9.18 Å². The molecule has 0 saturated carbocycles. The Morgan fingerprint density at radius 3 is 2.52 bits per heavy atom. The Morgan fingerprint density at radius 2 is 1.83 bits per heavy atom. The maximum Gasteiger partial charge on any atom is 0.340 e. The number of carbonyl (C=O) groups is 2. The maximum atomic E-state index is 12.8. The Hall–Kier alpha value is -2.34. The number of halogens is 1. The number of rotatable bonds is 6. The first-order valence-electron chi connectivity index (χ1n) is 7.04. The molecule has 2 aromatic carbocycles. The van der Waals surface area contributed by atoms with Gasteiger partial charge in [0.1, 0.15) is 5.82 Å². The highest BCUT2D eigenvalue weighted by Gasteiger charge is 2.13. The van der Waals surface area contributed by atoms with E-state index in [1.807, 2.05) is 0 Å². The average molecular weight is 333 g/mol. The zero-order valence-electron chi connectivity index (χ0n) is 12.5. The second-order valence-electron chi connectivity index (χ2n) is 4.56. The van der Waals surface area contributed by atoms with Crippen LogP contribution in [0.25, 0.3) is 0 Å². The summed E-state index contributed by atoms with van der Waals surface area (Å²) < 4.78 is 17.8. The zero-order chi connectivity index (χ0) is 16.7. The average Bonchev–Trinajstić information content (AvgIpc) is 2.55. The van der Waals surface area contributed by atoms with E-state index in [9.17, 15) is 14.0 Å². The van der Waals surface area contributed by atoms with E-state index in [0.29, 0.717) is 11.3 Å². The first kappa shape index (κ1) is 17.0. The molecule has 1 N–H and O–H groups in total. The standard InChI is InChI=1S/C17H16FNO3S/c1-2-22-17(21)14-5-3-4-6-15(14)19-16(20)11-23-13-9-7-12(18)8-10-13/h3-10H,2,11H2,1H3,(H,19,20). The minimum absolute atomic E-state index is 0.156. The third-order valence-corrected chi connectivity index (χ3v) is 3.89. The van der Waals surface area contributed by atoms with Crippen molar-refractivity contribution in [1.29, 1.82) is 0 Å². The van der Waals surface area contributed by atoms with Crippen LogP contribution in [0, 0.1) is 5.82 Å². The third kappa shape index (κ3) is 5.10. The molecular formula is C17H16FNO3S. The molecule has 6 heteroatoms. The number of hydrogen-bond acceptors (Lipinski definition) is 4.